The van der Waals surface area contributed by atoms with Gasteiger partial charge in [0.25, 0.3) is 0 Å². The minimum atomic E-state index is -1.28. The third-order valence-corrected chi connectivity index (χ3v) is 8.33. The van der Waals surface area contributed by atoms with E-state index in [1.165, 1.54) is 0 Å². The van der Waals surface area contributed by atoms with Gasteiger partial charge < -0.3 is 33.9 Å². The maximum Gasteiger partial charge on any atom is 0.143 e. The van der Waals surface area contributed by atoms with E-state index >= 15 is 0 Å². The Hall–Kier alpha value is -4.62. The number of benzene rings is 5. The van der Waals surface area contributed by atoms with E-state index in [9.17, 15) is 10.2 Å². The molecule has 0 fully saturated rings. The molecule has 0 aromatic heterocycles. The van der Waals surface area contributed by atoms with Crippen molar-refractivity contribution in [2.24, 2.45) is 0 Å². The minimum absolute atomic E-state index is 0.0362. The highest BCUT2D eigenvalue weighted by atomic mass is 16.6. The molecule has 7 heteroatoms. The van der Waals surface area contributed by atoms with Crippen molar-refractivity contribution < 1.29 is 33.9 Å². The molecule has 0 saturated heterocycles. The summed E-state index contributed by atoms with van der Waals surface area (Å²) in [4.78, 5) is 0. The van der Waals surface area contributed by atoms with Gasteiger partial charge in [0, 0.05) is 6.42 Å². The number of hydrogen-bond acceptors (Lipinski definition) is 7. The topological polar surface area (TPSA) is 86.6 Å². The van der Waals surface area contributed by atoms with E-state index < -0.39 is 30.5 Å². The van der Waals surface area contributed by atoms with E-state index in [1.807, 2.05) is 152 Å². The lowest BCUT2D eigenvalue weighted by molar-refractivity contribution is -0.200. The van der Waals surface area contributed by atoms with Crippen LogP contribution >= 0.6 is 0 Å². The largest absolute Gasteiger partial charge is 0.388 e. The Bertz CT molecular complexity index is 1710. The molecule has 0 aliphatic rings. The second-order valence-corrected chi connectivity index (χ2v) is 12.4. The molecular formula is C45H48O7. The second-order valence-electron chi connectivity index (χ2n) is 12.4. The van der Waals surface area contributed by atoms with E-state index in [4.69, 9.17) is 23.7 Å². The Kier molecular flexibility index (Phi) is 16.6. The van der Waals surface area contributed by atoms with Crippen molar-refractivity contribution in [2.45, 2.75) is 70.0 Å². The van der Waals surface area contributed by atoms with E-state index in [2.05, 4.69) is 11.8 Å². The fourth-order valence-corrected chi connectivity index (χ4v) is 5.58. The first-order valence-corrected chi connectivity index (χ1v) is 17.7. The Balaban J connectivity index is 1.39. The lowest BCUT2D eigenvalue weighted by atomic mass is 9.98. The van der Waals surface area contributed by atoms with Gasteiger partial charge in [-0.2, -0.15) is 0 Å². The first-order valence-electron chi connectivity index (χ1n) is 17.7. The Labute approximate surface area is 307 Å². The van der Waals surface area contributed by atoms with Gasteiger partial charge in [-0.25, -0.2) is 0 Å². The molecule has 0 spiro atoms. The quantitative estimate of drug-likeness (QED) is 0.0615. The van der Waals surface area contributed by atoms with E-state index in [0.717, 1.165) is 27.8 Å². The van der Waals surface area contributed by atoms with E-state index in [0.29, 0.717) is 26.2 Å². The molecule has 1 unspecified atom stereocenters. The molecule has 52 heavy (non-hydrogen) atoms. The molecule has 0 bridgehead atoms. The van der Waals surface area contributed by atoms with Crippen LogP contribution in [0.1, 0.15) is 34.2 Å². The predicted octanol–water partition coefficient (Wildman–Crippen LogP) is 7.29. The number of hydrogen-bond donors (Lipinski definition) is 2. The summed E-state index contributed by atoms with van der Waals surface area (Å²) in [5, 5.41) is 23.5. The second kappa shape index (κ2) is 22.3. The Morgan fingerprint density at radius 2 is 0.788 bits per heavy atom. The highest BCUT2D eigenvalue weighted by molar-refractivity contribution is 5.18. The van der Waals surface area contributed by atoms with Crippen LogP contribution in [0.3, 0.4) is 0 Å². The van der Waals surface area contributed by atoms with Gasteiger partial charge in [-0.3, -0.25) is 0 Å². The average Bonchev–Trinajstić information content (AvgIpc) is 3.20. The van der Waals surface area contributed by atoms with Crippen molar-refractivity contribution in [1.29, 1.82) is 0 Å². The fraction of sp³-hybridized carbons (Fsp3) is 0.289. The maximum atomic E-state index is 11.8. The zero-order chi connectivity index (χ0) is 36.1. The highest BCUT2D eigenvalue weighted by Gasteiger charge is 2.40. The summed E-state index contributed by atoms with van der Waals surface area (Å²) in [5.41, 5.74) is 4.82. The lowest BCUT2D eigenvalue weighted by Crippen LogP contribution is -2.53. The van der Waals surface area contributed by atoms with E-state index in [1.54, 1.807) is 0 Å². The van der Waals surface area contributed by atoms with Gasteiger partial charge in [-0.15, -0.1) is 0 Å². The predicted molar refractivity (Wildman–Crippen MR) is 202 cm³/mol. The van der Waals surface area contributed by atoms with E-state index in [-0.39, 0.29) is 26.4 Å². The molecule has 0 aliphatic carbocycles. The van der Waals surface area contributed by atoms with Crippen LogP contribution in [-0.2, 0) is 56.7 Å². The van der Waals surface area contributed by atoms with Crippen LogP contribution in [0.15, 0.2) is 152 Å². The average molecular weight is 701 g/mol. The summed E-state index contributed by atoms with van der Waals surface area (Å²) >= 11 is 0. The van der Waals surface area contributed by atoms with Gasteiger partial charge in [-0.1, -0.05) is 164 Å². The van der Waals surface area contributed by atoms with Crippen LogP contribution in [0.4, 0.5) is 0 Å². The monoisotopic (exact) mass is 700 g/mol. The molecule has 270 valence electrons. The molecule has 0 aliphatic heterocycles. The van der Waals surface area contributed by atoms with Crippen LogP contribution in [-0.4, -0.2) is 53.9 Å². The summed E-state index contributed by atoms with van der Waals surface area (Å²) in [6.45, 7) is 1.72. The minimum Gasteiger partial charge on any atom is -0.388 e. The van der Waals surface area contributed by atoms with Gasteiger partial charge in [-0.05, 0) is 27.8 Å². The van der Waals surface area contributed by atoms with Crippen molar-refractivity contribution in [3.63, 3.8) is 0 Å². The number of ether oxygens (including phenoxy) is 5. The van der Waals surface area contributed by atoms with Crippen LogP contribution in [0.2, 0.25) is 0 Å². The van der Waals surface area contributed by atoms with Crippen LogP contribution < -0.4 is 0 Å². The molecule has 0 amide bonds. The smallest absolute Gasteiger partial charge is 0.143 e. The van der Waals surface area contributed by atoms with Crippen LogP contribution in [0.5, 0.6) is 0 Å². The number of aliphatic hydroxyl groups excluding tert-OH is 2. The van der Waals surface area contributed by atoms with Gasteiger partial charge in [0.05, 0.1) is 46.2 Å². The first kappa shape index (κ1) is 38.6. The van der Waals surface area contributed by atoms with Crippen LogP contribution in [0.25, 0.3) is 0 Å². The number of aliphatic hydroxyl groups is 2. The standard InChI is InChI=1S/C45H48O7/c46-41(28-16-17-29-48-30-36-18-6-1-7-19-36)43(50-32-38-22-10-3-11-23-38)45(52-34-40-26-14-5-15-27-40)44(51-33-39-24-12-4-13-25-39)42(47)35-49-31-37-20-8-2-9-21-37/h1-15,18-27,41-47H,17,29-35H2/t41?,42-,43+,44-,45-/m1/s1. The summed E-state index contributed by atoms with van der Waals surface area (Å²) < 4.78 is 31.4. The third kappa shape index (κ3) is 13.5. The Morgan fingerprint density at radius 3 is 1.23 bits per heavy atom. The molecular weight excluding hydrogens is 652 g/mol. The number of rotatable bonds is 21. The molecule has 5 rings (SSSR count). The molecule has 0 saturated carbocycles. The van der Waals surface area contributed by atoms with Gasteiger partial charge in [0.15, 0.2) is 0 Å². The first-order chi connectivity index (χ1) is 25.7. The van der Waals surface area contributed by atoms with Crippen molar-refractivity contribution in [3.05, 3.63) is 179 Å². The zero-order valence-corrected chi connectivity index (χ0v) is 29.4. The molecule has 0 heterocycles. The zero-order valence-electron chi connectivity index (χ0n) is 29.4. The summed E-state index contributed by atoms with van der Waals surface area (Å²) in [6.07, 6.45) is -4.94. The fourth-order valence-electron chi connectivity index (χ4n) is 5.58. The summed E-state index contributed by atoms with van der Waals surface area (Å²) in [6, 6.07) is 48.9. The molecule has 0 radical (unpaired) electrons. The van der Waals surface area contributed by atoms with Crippen molar-refractivity contribution in [2.75, 3.05) is 13.2 Å². The van der Waals surface area contributed by atoms with Crippen LogP contribution in [0, 0.1) is 11.8 Å². The SMILES string of the molecule is OC(C#CCCOCc1ccccc1)[C@H](OCc1ccccc1)[C@@H](OCc1ccccc1)[C@H](OCc1ccccc1)[C@H](O)COCc1ccccc1. The van der Waals surface area contributed by atoms with Crippen molar-refractivity contribution in [3.8, 4) is 11.8 Å². The molecule has 2 N–H and O–H groups in total. The van der Waals surface area contributed by atoms with Gasteiger partial charge in [0.1, 0.15) is 30.5 Å². The molecule has 7 nitrogen and oxygen atoms in total. The van der Waals surface area contributed by atoms with Crippen molar-refractivity contribution >= 4 is 0 Å². The van der Waals surface area contributed by atoms with Gasteiger partial charge in [0.2, 0.25) is 0 Å². The van der Waals surface area contributed by atoms with Crippen molar-refractivity contribution in [1.82, 2.24) is 0 Å². The molecule has 5 atom stereocenters. The lowest BCUT2D eigenvalue weighted by Gasteiger charge is -2.37. The molecule has 5 aromatic rings. The van der Waals surface area contributed by atoms with Gasteiger partial charge >= 0.3 is 0 Å². The third-order valence-electron chi connectivity index (χ3n) is 8.33. The highest BCUT2D eigenvalue weighted by Crippen LogP contribution is 2.24. The maximum absolute atomic E-state index is 11.8. The molecule has 5 aromatic carbocycles. The summed E-state index contributed by atoms with van der Waals surface area (Å²) in [7, 11) is 0. The summed E-state index contributed by atoms with van der Waals surface area (Å²) in [5.74, 6) is 6.05. The normalized spacial score (nSPS) is 14.0. The Morgan fingerprint density at radius 1 is 0.423 bits per heavy atom.